The highest BCUT2D eigenvalue weighted by molar-refractivity contribution is 5.91. The number of rotatable bonds is 5. The molecule has 0 aliphatic heterocycles. The van der Waals surface area contributed by atoms with Gasteiger partial charge >= 0.3 is 0 Å². The third kappa shape index (κ3) is 3.66. The molecule has 0 spiro atoms. The van der Waals surface area contributed by atoms with Gasteiger partial charge in [0.2, 0.25) is 5.91 Å². The normalized spacial score (nSPS) is 10.2. The Labute approximate surface area is 97.2 Å². The van der Waals surface area contributed by atoms with Gasteiger partial charge in [-0.05, 0) is 51.1 Å². The van der Waals surface area contributed by atoms with Crippen LogP contribution in [0.5, 0.6) is 0 Å². The molecule has 1 aromatic carbocycles. The average molecular weight is 220 g/mol. The molecule has 0 atom stereocenters. The van der Waals surface area contributed by atoms with Crippen LogP contribution >= 0.6 is 0 Å². The van der Waals surface area contributed by atoms with Crippen LogP contribution in [0, 0.1) is 13.8 Å². The van der Waals surface area contributed by atoms with Crippen LogP contribution in [0.4, 0.5) is 5.69 Å². The summed E-state index contributed by atoms with van der Waals surface area (Å²) in [6, 6.07) is 5.95. The zero-order valence-corrected chi connectivity index (χ0v) is 10.3. The minimum absolute atomic E-state index is 0.0870. The number of carbonyl (C=O) groups excluding carboxylic acids is 1. The van der Waals surface area contributed by atoms with E-state index in [4.69, 9.17) is 0 Å². The molecule has 0 aliphatic carbocycles. The van der Waals surface area contributed by atoms with Crippen molar-refractivity contribution in [3.05, 3.63) is 29.3 Å². The number of hydrogen-bond acceptors (Lipinski definition) is 2. The molecular formula is C13H20N2O. The summed E-state index contributed by atoms with van der Waals surface area (Å²) in [5.41, 5.74) is 3.27. The van der Waals surface area contributed by atoms with Gasteiger partial charge in [-0.25, -0.2) is 0 Å². The highest BCUT2D eigenvalue weighted by atomic mass is 16.1. The molecule has 0 aromatic heterocycles. The van der Waals surface area contributed by atoms with Crippen molar-refractivity contribution in [2.75, 3.05) is 18.9 Å². The smallest absolute Gasteiger partial charge is 0.224 e. The van der Waals surface area contributed by atoms with E-state index in [1.54, 1.807) is 0 Å². The topological polar surface area (TPSA) is 41.1 Å². The Morgan fingerprint density at radius 3 is 2.75 bits per heavy atom. The van der Waals surface area contributed by atoms with Crippen molar-refractivity contribution in [1.82, 2.24) is 5.32 Å². The monoisotopic (exact) mass is 220 g/mol. The lowest BCUT2D eigenvalue weighted by Gasteiger charge is -2.10. The number of benzene rings is 1. The highest BCUT2D eigenvalue weighted by Crippen LogP contribution is 2.18. The first-order chi connectivity index (χ1) is 7.65. The van der Waals surface area contributed by atoms with E-state index in [-0.39, 0.29) is 5.91 Å². The number of amides is 1. The van der Waals surface area contributed by atoms with Gasteiger partial charge in [-0.15, -0.1) is 0 Å². The molecule has 3 heteroatoms. The van der Waals surface area contributed by atoms with Gasteiger partial charge < -0.3 is 10.6 Å². The predicted octanol–water partition coefficient (Wildman–Crippen LogP) is 2.24. The van der Waals surface area contributed by atoms with Crippen LogP contribution in [0.15, 0.2) is 18.2 Å². The third-order valence-corrected chi connectivity index (χ3v) is 2.71. The summed E-state index contributed by atoms with van der Waals surface area (Å²) in [4.78, 5) is 11.6. The molecule has 1 amide bonds. The van der Waals surface area contributed by atoms with Crippen LogP contribution in [0.3, 0.4) is 0 Å². The van der Waals surface area contributed by atoms with Crippen molar-refractivity contribution in [3.8, 4) is 0 Å². The molecule has 2 N–H and O–H groups in total. The van der Waals surface area contributed by atoms with E-state index in [2.05, 4.69) is 10.6 Å². The maximum absolute atomic E-state index is 11.6. The zero-order chi connectivity index (χ0) is 12.0. The van der Waals surface area contributed by atoms with Gasteiger partial charge in [-0.1, -0.05) is 12.1 Å². The number of nitrogens with one attached hydrogen (secondary N) is 2. The molecule has 0 unspecified atom stereocenters. The van der Waals surface area contributed by atoms with E-state index in [0.717, 1.165) is 24.2 Å². The van der Waals surface area contributed by atoms with Gasteiger partial charge in [-0.2, -0.15) is 0 Å². The third-order valence-electron chi connectivity index (χ3n) is 2.71. The molecule has 0 saturated heterocycles. The van der Waals surface area contributed by atoms with Crippen LogP contribution in [0.1, 0.15) is 24.0 Å². The molecule has 0 saturated carbocycles. The average Bonchev–Trinajstić information content (AvgIpc) is 2.25. The van der Waals surface area contributed by atoms with E-state index in [0.29, 0.717) is 6.42 Å². The van der Waals surface area contributed by atoms with Gasteiger partial charge in [0.25, 0.3) is 0 Å². The second-order valence-electron chi connectivity index (χ2n) is 4.00. The first-order valence-electron chi connectivity index (χ1n) is 5.66. The van der Waals surface area contributed by atoms with E-state index in [9.17, 15) is 4.79 Å². The van der Waals surface area contributed by atoms with Gasteiger partial charge in [0.1, 0.15) is 0 Å². The van der Waals surface area contributed by atoms with Crippen LogP contribution in [0.25, 0.3) is 0 Å². The summed E-state index contributed by atoms with van der Waals surface area (Å²) in [5.74, 6) is 0.0870. The second-order valence-corrected chi connectivity index (χ2v) is 4.00. The first-order valence-corrected chi connectivity index (χ1v) is 5.66. The fourth-order valence-corrected chi connectivity index (χ4v) is 1.52. The molecule has 0 aliphatic rings. The summed E-state index contributed by atoms with van der Waals surface area (Å²) in [7, 11) is 1.89. The Balaban J connectivity index is 2.53. The van der Waals surface area contributed by atoms with Crippen LogP contribution in [0.2, 0.25) is 0 Å². The molecule has 0 bridgehead atoms. The highest BCUT2D eigenvalue weighted by Gasteiger charge is 2.05. The fraction of sp³-hybridized carbons (Fsp3) is 0.462. The largest absolute Gasteiger partial charge is 0.326 e. The molecule has 0 radical (unpaired) electrons. The summed E-state index contributed by atoms with van der Waals surface area (Å²) in [6.45, 7) is 4.95. The number of anilines is 1. The molecule has 0 heterocycles. The first kappa shape index (κ1) is 12.7. The van der Waals surface area contributed by atoms with Crippen molar-refractivity contribution in [2.24, 2.45) is 0 Å². The van der Waals surface area contributed by atoms with Crippen LogP contribution < -0.4 is 10.6 Å². The van der Waals surface area contributed by atoms with Gasteiger partial charge in [0, 0.05) is 12.1 Å². The van der Waals surface area contributed by atoms with E-state index < -0.39 is 0 Å². The van der Waals surface area contributed by atoms with E-state index in [1.807, 2.05) is 39.1 Å². The molecule has 3 nitrogen and oxygen atoms in total. The van der Waals surface area contributed by atoms with Gasteiger partial charge in [-0.3, -0.25) is 4.79 Å². The quantitative estimate of drug-likeness (QED) is 0.747. The van der Waals surface area contributed by atoms with Gasteiger partial charge in [0.15, 0.2) is 0 Å². The van der Waals surface area contributed by atoms with Gasteiger partial charge in [0.05, 0.1) is 0 Å². The van der Waals surface area contributed by atoms with E-state index in [1.165, 1.54) is 5.56 Å². The summed E-state index contributed by atoms with van der Waals surface area (Å²) < 4.78 is 0. The van der Waals surface area contributed by atoms with E-state index >= 15 is 0 Å². The number of hydrogen-bond donors (Lipinski definition) is 2. The Kier molecular flexibility index (Phi) is 4.99. The Morgan fingerprint density at radius 1 is 1.31 bits per heavy atom. The molecule has 1 aromatic rings. The minimum atomic E-state index is 0.0870. The summed E-state index contributed by atoms with van der Waals surface area (Å²) in [6.07, 6.45) is 1.43. The lowest BCUT2D eigenvalue weighted by molar-refractivity contribution is -0.116. The lowest BCUT2D eigenvalue weighted by Crippen LogP contribution is -2.15. The number of aryl methyl sites for hydroxylation is 1. The van der Waals surface area contributed by atoms with Crippen molar-refractivity contribution >= 4 is 11.6 Å². The molecule has 1 rings (SSSR count). The maximum Gasteiger partial charge on any atom is 0.224 e. The SMILES string of the molecule is CNCCCC(=O)Nc1cccc(C)c1C. The summed E-state index contributed by atoms with van der Waals surface area (Å²) >= 11 is 0. The Morgan fingerprint density at radius 2 is 2.06 bits per heavy atom. The maximum atomic E-state index is 11.6. The summed E-state index contributed by atoms with van der Waals surface area (Å²) in [5, 5.41) is 5.97. The molecule has 0 fully saturated rings. The Hall–Kier alpha value is -1.35. The fourth-order valence-electron chi connectivity index (χ4n) is 1.52. The Bertz CT molecular complexity index is 361. The second kappa shape index (κ2) is 6.28. The molecular weight excluding hydrogens is 200 g/mol. The van der Waals surface area contributed by atoms with Crippen molar-refractivity contribution in [1.29, 1.82) is 0 Å². The molecule has 88 valence electrons. The van der Waals surface area contributed by atoms with Crippen molar-refractivity contribution in [2.45, 2.75) is 26.7 Å². The zero-order valence-electron chi connectivity index (χ0n) is 10.3. The predicted molar refractivity (Wildman–Crippen MR) is 67.7 cm³/mol. The van der Waals surface area contributed by atoms with Crippen LogP contribution in [-0.2, 0) is 4.79 Å². The lowest BCUT2D eigenvalue weighted by atomic mass is 10.1. The minimum Gasteiger partial charge on any atom is -0.326 e. The van der Waals surface area contributed by atoms with Crippen molar-refractivity contribution < 1.29 is 4.79 Å². The standard InChI is InChI=1S/C13H20N2O/c1-10-6-4-7-12(11(10)2)15-13(16)8-5-9-14-3/h4,6-7,14H,5,8-9H2,1-3H3,(H,15,16). The molecule has 16 heavy (non-hydrogen) atoms. The van der Waals surface area contributed by atoms with Crippen LogP contribution in [-0.4, -0.2) is 19.5 Å². The van der Waals surface area contributed by atoms with Crippen molar-refractivity contribution in [3.63, 3.8) is 0 Å². The number of carbonyl (C=O) groups is 1.